The predicted octanol–water partition coefficient (Wildman–Crippen LogP) is 5.92. The van der Waals surface area contributed by atoms with Crippen molar-refractivity contribution in [1.82, 2.24) is 10.2 Å². The van der Waals surface area contributed by atoms with E-state index in [0.717, 1.165) is 24.0 Å². The molecular formula is C32H40N2O3. The third-order valence-electron chi connectivity index (χ3n) is 6.38. The van der Waals surface area contributed by atoms with Crippen molar-refractivity contribution in [3.8, 4) is 5.75 Å². The highest BCUT2D eigenvalue weighted by Crippen LogP contribution is 2.24. The summed E-state index contributed by atoms with van der Waals surface area (Å²) >= 11 is 0. The average molecular weight is 501 g/mol. The Hall–Kier alpha value is -3.60. The fraction of sp³-hybridized carbons (Fsp3) is 0.375. The molecule has 0 aliphatic rings. The number of amides is 2. The first-order valence-electron chi connectivity index (χ1n) is 13.2. The summed E-state index contributed by atoms with van der Waals surface area (Å²) in [4.78, 5) is 28.7. The van der Waals surface area contributed by atoms with Gasteiger partial charge in [-0.05, 0) is 40.7 Å². The van der Waals surface area contributed by atoms with Crippen molar-refractivity contribution in [2.75, 3.05) is 13.2 Å². The van der Waals surface area contributed by atoms with Crippen LogP contribution in [0, 0.1) is 0 Å². The van der Waals surface area contributed by atoms with Crippen molar-refractivity contribution in [2.45, 2.75) is 65.0 Å². The maximum Gasteiger partial charge on any atom is 0.261 e. The number of ether oxygens (including phenoxy) is 1. The van der Waals surface area contributed by atoms with Crippen molar-refractivity contribution in [2.24, 2.45) is 0 Å². The summed E-state index contributed by atoms with van der Waals surface area (Å²) < 4.78 is 5.91. The Labute approximate surface area is 221 Å². The van der Waals surface area contributed by atoms with Gasteiger partial charge in [0.1, 0.15) is 11.8 Å². The molecule has 0 spiro atoms. The predicted molar refractivity (Wildman–Crippen MR) is 149 cm³/mol. The Morgan fingerprint density at radius 2 is 1.46 bits per heavy atom. The van der Waals surface area contributed by atoms with E-state index in [0.29, 0.717) is 25.3 Å². The number of hydrogen-bond donors (Lipinski definition) is 1. The normalized spacial score (nSPS) is 12.0. The van der Waals surface area contributed by atoms with Crippen LogP contribution in [-0.2, 0) is 28.0 Å². The summed E-state index contributed by atoms with van der Waals surface area (Å²) in [6.45, 7) is 9.33. The second-order valence-electron chi connectivity index (χ2n) is 10.4. The maximum atomic E-state index is 13.6. The van der Waals surface area contributed by atoms with Crippen molar-refractivity contribution < 1.29 is 14.3 Å². The van der Waals surface area contributed by atoms with Gasteiger partial charge in [-0.3, -0.25) is 9.59 Å². The Morgan fingerprint density at radius 1 is 0.865 bits per heavy atom. The maximum absolute atomic E-state index is 13.6. The minimum Gasteiger partial charge on any atom is -0.484 e. The van der Waals surface area contributed by atoms with E-state index >= 15 is 0 Å². The molecule has 196 valence electrons. The molecule has 2 amide bonds. The van der Waals surface area contributed by atoms with Crippen molar-refractivity contribution >= 4 is 11.8 Å². The van der Waals surface area contributed by atoms with Crippen LogP contribution in [0.4, 0.5) is 0 Å². The molecule has 3 rings (SSSR count). The van der Waals surface area contributed by atoms with Crippen LogP contribution in [-0.4, -0.2) is 35.9 Å². The van der Waals surface area contributed by atoms with Crippen molar-refractivity contribution in [3.05, 3.63) is 102 Å². The van der Waals surface area contributed by atoms with E-state index in [1.54, 1.807) is 4.90 Å². The quantitative estimate of drug-likeness (QED) is 0.314. The third kappa shape index (κ3) is 8.78. The van der Waals surface area contributed by atoms with Gasteiger partial charge in [0.25, 0.3) is 5.91 Å². The van der Waals surface area contributed by atoms with Gasteiger partial charge in [0, 0.05) is 19.5 Å². The van der Waals surface area contributed by atoms with Gasteiger partial charge in [-0.15, -0.1) is 0 Å². The molecule has 0 bridgehead atoms. The van der Waals surface area contributed by atoms with Crippen molar-refractivity contribution in [1.29, 1.82) is 0 Å². The molecule has 0 aliphatic carbocycles. The number of nitrogens with one attached hydrogen (secondary N) is 1. The van der Waals surface area contributed by atoms with Gasteiger partial charge < -0.3 is 15.0 Å². The van der Waals surface area contributed by atoms with Crippen LogP contribution in [0.2, 0.25) is 0 Å². The zero-order valence-electron chi connectivity index (χ0n) is 22.6. The number of carbonyl (C=O) groups is 2. The summed E-state index contributed by atoms with van der Waals surface area (Å²) in [7, 11) is 0. The lowest BCUT2D eigenvalue weighted by Crippen LogP contribution is -2.51. The zero-order valence-corrected chi connectivity index (χ0v) is 22.6. The van der Waals surface area contributed by atoms with Gasteiger partial charge in [-0.1, -0.05) is 107 Å². The molecule has 0 aromatic heterocycles. The molecule has 1 atom stereocenters. The second-order valence-corrected chi connectivity index (χ2v) is 10.4. The molecule has 0 saturated carbocycles. The number of benzene rings is 3. The van der Waals surface area contributed by atoms with Gasteiger partial charge in [-0.2, -0.15) is 0 Å². The molecule has 0 saturated heterocycles. The summed E-state index contributed by atoms with van der Waals surface area (Å²) in [5.41, 5.74) is 3.20. The van der Waals surface area contributed by atoms with Gasteiger partial charge in [0.2, 0.25) is 5.91 Å². The summed E-state index contributed by atoms with van der Waals surface area (Å²) in [6, 6.07) is 26.8. The van der Waals surface area contributed by atoms with E-state index in [1.807, 2.05) is 84.9 Å². The molecule has 0 fully saturated rings. The first-order valence-corrected chi connectivity index (χ1v) is 13.2. The van der Waals surface area contributed by atoms with E-state index in [-0.39, 0.29) is 23.8 Å². The largest absolute Gasteiger partial charge is 0.484 e. The molecule has 37 heavy (non-hydrogen) atoms. The Morgan fingerprint density at radius 3 is 2.03 bits per heavy atom. The van der Waals surface area contributed by atoms with E-state index in [4.69, 9.17) is 4.74 Å². The summed E-state index contributed by atoms with van der Waals surface area (Å²) in [6.07, 6.45) is 2.31. The van der Waals surface area contributed by atoms with Crippen LogP contribution in [0.5, 0.6) is 5.75 Å². The molecule has 5 nitrogen and oxygen atoms in total. The molecule has 0 aliphatic heterocycles. The first kappa shape index (κ1) is 28.0. The summed E-state index contributed by atoms with van der Waals surface area (Å²) in [5.74, 6) is 0.263. The number of nitrogens with zero attached hydrogens (tertiary/aromatic N) is 1. The third-order valence-corrected chi connectivity index (χ3v) is 6.38. The fourth-order valence-corrected chi connectivity index (χ4v) is 4.12. The lowest BCUT2D eigenvalue weighted by Gasteiger charge is -2.31. The van der Waals surface area contributed by atoms with Crippen LogP contribution in [0.1, 0.15) is 57.2 Å². The van der Waals surface area contributed by atoms with E-state index in [9.17, 15) is 9.59 Å². The smallest absolute Gasteiger partial charge is 0.261 e. The number of rotatable bonds is 12. The Kier molecular flexibility index (Phi) is 10.3. The fourth-order valence-electron chi connectivity index (χ4n) is 4.12. The Bertz CT molecular complexity index is 1110. The van der Waals surface area contributed by atoms with Crippen LogP contribution in [0.3, 0.4) is 0 Å². The number of carbonyl (C=O) groups excluding carboxylic acids is 2. The van der Waals surface area contributed by atoms with Gasteiger partial charge in [-0.25, -0.2) is 0 Å². The highest BCUT2D eigenvalue weighted by Gasteiger charge is 2.30. The lowest BCUT2D eigenvalue weighted by molar-refractivity contribution is -0.142. The van der Waals surface area contributed by atoms with Gasteiger partial charge >= 0.3 is 0 Å². The highest BCUT2D eigenvalue weighted by atomic mass is 16.5. The lowest BCUT2D eigenvalue weighted by atomic mass is 9.87. The molecular weight excluding hydrogens is 460 g/mol. The molecule has 3 aromatic carbocycles. The van der Waals surface area contributed by atoms with E-state index in [1.165, 1.54) is 5.56 Å². The molecule has 0 radical (unpaired) electrons. The monoisotopic (exact) mass is 500 g/mol. The van der Waals surface area contributed by atoms with E-state index in [2.05, 4.69) is 33.0 Å². The Balaban J connectivity index is 1.83. The summed E-state index contributed by atoms with van der Waals surface area (Å²) in [5, 5.41) is 3.05. The molecule has 0 unspecified atom stereocenters. The molecule has 5 heteroatoms. The van der Waals surface area contributed by atoms with Crippen molar-refractivity contribution in [3.63, 3.8) is 0 Å². The second kappa shape index (κ2) is 13.6. The highest BCUT2D eigenvalue weighted by molar-refractivity contribution is 5.88. The molecule has 3 aromatic rings. The number of unbranched alkanes of at least 4 members (excludes halogenated alkanes) is 1. The average Bonchev–Trinajstić information content (AvgIpc) is 2.90. The van der Waals surface area contributed by atoms with Crippen LogP contribution < -0.4 is 10.1 Å². The van der Waals surface area contributed by atoms with Crippen LogP contribution in [0.25, 0.3) is 0 Å². The number of hydrogen-bond acceptors (Lipinski definition) is 3. The van der Waals surface area contributed by atoms with E-state index < -0.39 is 6.04 Å². The minimum atomic E-state index is -0.654. The standard InChI is InChI=1S/C32H40N2O3/c1-5-6-21-33-31(36)29(22-25-13-9-7-10-14-25)34(23-26-15-11-8-12-16-26)30(35)24-37-28-19-17-27(18-20-28)32(2,3)4/h7-20,29H,5-6,21-24H2,1-4H3,(H,33,36)/t29-/m1/s1. The topological polar surface area (TPSA) is 58.6 Å². The SMILES string of the molecule is CCCCNC(=O)[C@@H](Cc1ccccc1)N(Cc1ccccc1)C(=O)COc1ccc(C(C)(C)C)cc1. The van der Waals surface area contributed by atoms with Crippen LogP contribution in [0.15, 0.2) is 84.9 Å². The zero-order chi connectivity index (χ0) is 26.7. The first-order chi connectivity index (χ1) is 17.8. The minimum absolute atomic E-state index is 0.0383. The van der Waals surface area contributed by atoms with Gasteiger partial charge in [0.15, 0.2) is 6.61 Å². The molecule has 0 heterocycles. The van der Waals surface area contributed by atoms with Crippen LogP contribution >= 0.6 is 0 Å². The molecule has 1 N–H and O–H groups in total. The van der Waals surface area contributed by atoms with Gasteiger partial charge in [0.05, 0.1) is 0 Å².